The smallest absolute Gasteiger partial charge is 0.0351 e. The number of allylic oxidation sites excluding steroid dienone is 2. The Labute approximate surface area is 142 Å². The lowest BCUT2D eigenvalue weighted by Crippen LogP contribution is -1.95. The standard InChI is InChI=1S/C22H44/c1-4-6-8-10-12-13-14-15-17-19-21-22(3)20-18-16-11-9-7-5-2/h12-13,22H,4-11,14-21H2,1-3H3. The Bertz CT molecular complexity index is 216. The van der Waals surface area contributed by atoms with Crippen LogP contribution in [0, 0.1) is 5.92 Å². The molecule has 0 aromatic rings. The highest BCUT2D eigenvalue weighted by molar-refractivity contribution is 4.81. The molecular formula is C22H44. The van der Waals surface area contributed by atoms with Crippen molar-refractivity contribution in [3.05, 3.63) is 12.2 Å². The fourth-order valence-corrected chi connectivity index (χ4v) is 3.10. The fraction of sp³-hybridized carbons (Fsp3) is 0.909. The quantitative estimate of drug-likeness (QED) is 0.187. The van der Waals surface area contributed by atoms with Crippen molar-refractivity contribution in [3.8, 4) is 0 Å². The minimum atomic E-state index is 0.954. The lowest BCUT2D eigenvalue weighted by atomic mass is 9.96. The molecule has 1 unspecified atom stereocenters. The zero-order valence-electron chi connectivity index (χ0n) is 16.0. The van der Waals surface area contributed by atoms with Crippen molar-refractivity contribution < 1.29 is 0 Å². The predicted molar refractivity (Wildman–Crippen MR) is 104 cm³/mol. The van der Waals surface area contributed by atoms with E-state index in [1.807, 2.05) is 0 Å². The van der Waals surface area contributed by atoms with E-state index < -0.39 is 0 Å². The number of unbranched alkanes of at least 4 members (excludes halogenated alkanes) is 11. The van der Waals surface area contributed by atoms with Crippen molar-refractivity contribution >= 4 is 0 Å². The van der Waals surface area contributed by atoms with Crippen molar-refractivity contribution in [2.75, 3.05) is 0 Å². The highest BCUT2D eigenvalue weighted by Crippen LogP contribution is 2.18. The van der Waals surface area contributed by atoms with Crippen molar-refractivity contribution in [2.45, 2.75) is 124 Å². The van der Waals surface area contributed by atoms with Crippen molar-refractivity contribution in [3.63, 3.8) is 0 Å². The van der Waals surface area contributed by atoms with Gasteiger partial charge in [-0.3, -0.25) is 0 Å². The first kappa shape index (κ1) is 21.7. The topological polar surface area (TPSA) is 0 Å². The summed E-state index contributed by atoms with van der Waals surface area (Å²) in [4.78, 5) is 0. The molecule has 0 bridgehead atoms. The molecule has 0 spiro atoms. The lowest BCUT2D eigenvalue weighted by Gasteiger charge is -2.10. The SMILES string of the molecule is CCCCCC=CCCCCCC(C)CCCCCCCC. The van der Waals surface area contributed by atoms with Gasteiger partial charge in [0.1, 0.15) is 0 Å². The Morgan fingerprint density at radius 2 is 0.955 bits per heavy atom. The van der Waals surface area contributed by atoms with Crippen LogP contribution in [0.15, 0.2) is 12.2 Å². The van der Waals surface area contributed by atoms with Gasteiger partial charge >= 0.3 is 0 Å². The number of hydrogen-bond acceptors (Lipinski definition) is 0. The summed E-state index contributed by atoms with van der Waals surface area (Å²) in [6.45, 7) is 7.03. The molecule has 0 aliphatic rings. The van der Waals surface area contributed by atoms with Gasteiger partial charge in [0.15, 0.2) is 0 Å². The van der Waals surface area contributed by atoms with Crippen LogP contribution in [0.25, 0.3) is 0 Å². The van der Waals surface area contributed by atoms with Crippen LogP contribution in [0.3, 0.4) is 0 Å². The molecule has 1 atom stereocenters. The Balaban J connectivity index is 3.19. The van der Waals surface area contributed by atoms with Gasteiger partial charge in [0.25, 0.3) is 0 Å². The van der Waals surface area contributed by atoms with E-state index in [2.05, 4.69) is 32.9 Å². The molecule has 0 rings (SSSR count). The molecular weight excluding hydrogens is 264 g/mol. The van der Waals surface area contributed by atoms with E-state index >= 15 is 0 Å². The van der Waals surface area contributed by atoms with E-state index in [0.717, 1.165) is 5.92 Å². The third kappa shape index (κ3) is 17.8. The van der Waals surface area contributed by atoms with E-state index in [1.165, 1.54) is 103 Å². The molecule has 0 aliphatic carbocycles. The second-order valence-electron chi connectivity index (χ2n) is 7.27. The first-order valence-corrected chi connectivity index (χ1v) is 10.5. The molecule has 0 fully saturated rings. The summed E-state index contributed by atoms with van der Waals surface area (Å²) in [5, 5.41) is 0. The largest absolute Gasteiger partial charge is 0.0885 e. The molecule has 0 heteroatoms. The summed E-state index contributed by atoms with van der Waals surface area (Å²) in [6.07, 6.45) is 27.3. The van der Waals surface area contributed by atoms with E-state index in [1.54, 1.807) is 0 Å². The monoisotopic (exact) mass is 308 g/mol. The van der Waals surface area contributed by atoms with Crippen LogP contribution in [-0.4, -0.2) is 0 Å². The summed E-state index contributed by atoms with van der Waals surface area (Å²) >= 11 is 0. The highest BCUT2D eigenvalue weighted by atomic mass is 14.1. The summed E-state index contributed by atoms with van der Waals surface area (Å²) in [5.41, 5.74) is 0. The first-order valence-electron chi connectivity index (χ1n) is 10.5. The van der Waals surface area contributed by atoms with E-state index in [9.17, 15) is 0 Å². The lowest BCUT2D eigenvalue weighted by molar-refractivity contribution is 0.435. The normalized spacial score (nSPS) is 13.0. The molecule has 0 heterocycles. The third-order valence-corrected chi connectivity index (χ3v) is 4.76. The Hall–Kier alpha value is -0.260. The van der Waals surface area contributed by atoms with Gasteiger partial charge in [0, 0.05) is 0 Å². The molecule has 0 aliphatic heterocycles. The summed E-state index contributed by atoms with van der Waals surface area (Å²) < 4.78 is 0. The maximum Gasteiger partial charge on any atom is -0.0351 e. The van der Waals surface area contributed by atoms with Gasteiger partial charge in [-0.05, 0) is 31.6 Å². The average Bonchev–Trinajstić information content (AvgIpc) is 2.52. The van der Waals surface area contributed by atoms with Crippen LogP contribution in [0.4, 0.5) is 0 Å². The molecule has 22 heavy (non-hydrogen) atoms. The molecule has 0 saturated carbocycles. The minimum absolute atomic E-state index is 0.954. The zero-order chi connectivity index (χ0) is 16.3. The summed E-state index contributed by atoms with van der Waals surface area (Å²) in [6, 6.07) is 0. The molecule has 0 saturated heterocycles. The van der Waals surface area contributed by atoms with Gasteiger partial charge in [-0.2, -0.15) is 0 Å². The second-order valence-corrected chi connectivity index (χ2v) is 7.27. The molecule has 0 aromatic carbocycles. The fourth-order valence-electron chi connectivity index (χ4n) is 3.10. The average molecular weight is 309 g/mol. The van der Waals surface area contributed by atoms with Gasteiger partial charge < -0.3 is 0 Å². The highest BCUT2D eigenvalue weighted by Gasteiger charge is 2.01. The number of rotatable bonds is 17. The minimum Gasteiger partial charge on any atom is -0.0885 e. The maximum atomic E-state index is 2.46. The van der Waals surface area contributed by atoms with Crippen molar-refractivity contribution in [1.29, 1.82) is 0 Å². The van der Waals surface area contributed by atoms with Gasteiger partial charge in [0.05, 0.1) is 0 Å². The molecule has 132 valence electrons. The van der Waals surface area contributed by atoms with E-state index in [4.69, 9.17) is 0 Å². The Morgan fingerprint density at radius 3 is 1.55 bits per heavy atom. The van der Waals surface area contributed by atoms with Crippen molar-refractivity contribution in [2.24, 2.45) is 5.92 Å². The van der Waals surface area contributed by atoms with Gasteiger partial charge in [-0.1, -0.05) is 110 Å². The third-order valence-electron chi connectivity index (χ3n) is 4.76. The van der Waals surface area contributed by atoms with Crippen molar-refractivity contribution in [1.82, 2.24) is 0 Å². The molecule has 0 nitrogen and oxygen atoms in total. The van der Waals surface area contributed by atoms with Gasteiger partial charge in [0.2, 0.25) is 0 Å². The van der Waals surface area contributed by atoms with E-state index in [0.29, 0.717) is 0 Å². The number of hydrogen-bond donors (Lipinski definition) is 0. The van der Waals surface area contributed by atoms with Crippen LogP contribution < -0.4 is 0 Å². The molecule has 0 aromatic heterocycles. The summed E-state index contributed by atoms with van der Waals surface area (Å²) in [5.74, 6) is 0.954. The van der Waals surface area contributed by atoms with Gasteiger partial charge in [-0.25, -0.2) is 0 Å². The maximum absolute atomic E-state index is 2.46. The van der Waals surface area contributed by atoms with Crippen LogP contribution >= 0.6 is 0 Å². The summed E-state index contributed by atoms with van der Waals surface area (Å²) in [7, 11) is 0. The second kappa shape index (κ2) is 18.8. The van der Waals surface area contributed by atoms with Gasteiger partial charge in [-0.15, -0.1) is 0 Å². The first-order chi connectivity index (χ1) is 10.8. The predicted octanol–water partition coefficient (Wildman–Crippen LogP) is 8.46. The molecule has 0 N–H and O–H groups in total. The van der Waals surface area contributed by atoms with Crippen LogP contribution in [0.2, 0.25) is 0 Å². The molecule has 0 amide bonds. The zero-order valence-corrected chi connectivity index (χ0v) is 16.0. The Kier molecular flexibility index (Phi) is 18.6. The molecule has 0 radical (unpaired) electrons. The Morgan fingerprint density at radius 1 is 0.545 bits per heavy atom. The van der Waals surface area contributed by atoms with Crippen LogP contribution in [0.1, 0.15) is 124 Å². The van der Waals surface area contributed by atoms with Crippen LogP contribution in [0.5, 0.6) is 0 Å². The van der Waals surface area contributed by atoms with E-state index in [-0.39, 0.29) is 0 Å². The van der Waals surface area contributed by atoms with Crippen LogP contribution in [-0.2, 0) is 0 Å².